The largest absolute Gasteiger partial charge is 0.486 e. The molecule has 7 nitrogen and oxygen atoms in total. The molecule has 8 heteroatoms. The van der Waals surface area contributed by atoms with Crippen molar-refractivity contribution in [1.82, 2.24) is 10.2 Å². The lowest BCUT2D eigenvalue weighted by Crippen LogP contribution is -2.41. The molecule has 2 aliphatic heterocycles. The summed E-state index contributed by atoms with van der Waals surface area (Å²) in [6.07, 6.45) is 2.72. The number of carbonyl (C=O) groups is 2. The van der Waals surface area contributed by atoms with Crippen LogP contribution in [0.4, 0.5) is 4.79 Å². The zero-order valence-corrected chi connectivity index (χ0v) is 14.5. The maximum absolute atomic E-state index is 12.0. The van der Waals surface area contributed by atoms with E-state index in [1.807, 2.05) is 6.92 Å². The fraction of sp³-hybridized carbons (Fsp3) is 0.412. The van der Waals surface area contributed by atoms with E-state index in [-0.39, 0.29) is 18.0 Å². The number of hydrogen-bond acceptors (Lipinski definition) is 5. The van der Waals surface area contributed by atoms with E-state index in [1.165, 1.54) is 6.08 Å². The van der Waals surface area contributed by atoms with Crippen molar-refractivity contribution in [3.8, 4) is 11.5 Å². The lowest BCUT2D eigenvalue weighted by molar-refractivity contribution is -0.117. The summed E-state index contributed by atoms with van der Waals surface area (Å²) in [5.41, 5.74) is 0.736. The summed E-state index contributed by atoms with van der Waals surface area (Å²) >= 11 is 6.17. The Kier molecular flexibility index (Phi) is 5.33. The summed E-state index contributed by atoms with van der Waals surface area (Å²) < 4.78 is 15.8. The summed E-state index contributed by atoms with van der Waals surface area (Å²) in [4.78, 5) is 25.0. The molecular weight excluding hydrogens is 348 g/mol. The number of fused-ring (bicyclic) bond motifs is 1. The summed E-state index contributed by atoms with van der Waals surface area (Å²) in [5, 5.41) is 3.25. The van der Waals surface area contributed by atoms with Crippen molar-refractivity contribution in [2.45, 2.75) is 13.0 Å². The second-order valence-electron chi connectivity index (χ2n) is 5.83. The quantitative estimate of drug-likeness (QED) is 0.807. The third kappa shape index (κ3) is 4.36. The molecule has 1 aromatic carbocycles. The topological polar surface area (TPSA) is 77.1 Å². The molecule has 2 aliphatic rings. The number of hydrogen-bond donors (Lipinski definition) is 1. The molecule has 0 aliphatic carbocycles. The van der Waals surface area contributed by atoms with Gasteiger partial charge in [-0.1, -0.05) is 11.6 Å². The average Bonchev–Trinajstić information content (AvgIpc) is 2.98. The molecule has 0 bridgehead atoms. The first-order valence-electron chi connectivity index (χ1n) is 8.02. The molecule has 1 aromatic rings. The molecule has 3 rings (SSSR count). The van der Waals surface area contributed by atoms with Gasteiger partial charge in [0.05, 0.1) is 11.6 Å². The first-order valence-corrected chi connectivity index (χ1v) is 8.40. The molecule has 2 amide bonds. The minimum absolute atomic E-state index is 0.188. The van der Waals surface area contributed by atoms with E-state index in [2.05, 4.69) is 5.32 Å². The molecule has 1 N–H and O–H groups in total. The van der Waals surface area contributed by atoms with Crippen LogP contribution in [0.2, 0.25) is 5.02 Å². The van der Waals surface area contributed by atoms with Gasteiger partial charge in [-0.25, -0.2) is 4.79 Å². The van der Waals surface area contributed by atoms with Gasteiger partial charge in [-0.15, -0.1) is 0 Å². The van der Waals surface area contributed by atoms with Gasteiger partial charge in [0, 0.05) is 18.7 Å². The Balaban J connectivity index is 1.57. The number of carbonyl (C=O) groups excluding carboxylic acids is 2. The van der Waals surface area contributed by atoms with Crippen LogP contribution in [0, 0.1) is 0 Å². The van der Waals surface area contributed by atoms with Crippen LogP contribution < -0.4 is 14.8 Å². The van der Waals surface area contributed by atoms with E-state index in [9.17, 15) is 9.59 Å². The van der Waals surface area contributed by atoms with Crippen molar-refractivity contribution >= 4 is 29.7 Å². The number of halogens is 1. The molecule has 0 saturated carbocycles. The molecule has 1 atom stereocenters. The van der Waals surface area contributed by atoms with Crippen molar-refractivity contribution in [3.05, 3.63) is 28.8 Å². The summed E-state index contributed by atoms with van der Waals surface area (Å²) in [7, 11) is 0. The van der Waals surface area contributed by atoms with E-state index in [0.717, 1.165) is 5.56 Å². The zero-order chi connectivity index (χ0) is 17.8. The molecule has 134 valence electrons. The fourth-order valence-corrected chi connectivity index (χ4v) is 2.93. The Hall–Kier alpha value is -2.41. The monoisotopic (exact) mass is 366 g/mol. The third-order valence-electron chi connectivity index (χ3n) is 3.77. The second-order valence-corrected chi connectivity index (χ2v) is 6.24. The number of rotatable bonds is 5. The Morgan fingerprint density at radius 2 is 2.12 bits per heavy atom. The maximum atomic E-state index is 12.0. The SMILES string of the molecule is CC(CN1CCOC1=O)NC(=O)C=Cc1cc(Cl)c2c(c1)OCCO2. The van der Waals surface area contributed by atoms with Crippen LogP contribution >= 0.6 is 11.6 Å². The highest BCUT2D eigenvalue weighted by atomic mass is 35.5. The lowest BCUT2D eigenvalue weighted by atomic mass is 10.1. The van der Waals surface area contributed by atoms with E-state index >= 15 is 0 Å². The van der Waals surface area contributed by atoms with Gasteiger partial charge in [0.2, 0.25) is 5.91 Å². The van der Waals surface area contributed by atoms with Crippen LogP contribution in [0.25, 0.3) is 6.08 Å². The minimum atomic E-state index is -0.345. The fourth-order valence-electron chi connectivity index (χ4n) is 2.66. The van der Waals surface area contributed by atoms with Crippen LogP contribution in [0.3, 0.4) is 0 Å². The van der Waals surface area contributed by atoms with Gasteiger partial charge in [-0.3, -0.25) is 4.79 Å². The van der Waals surface area contributed by atoms with Gasteiger partial charge in [0.1, 0.15) is 19.8 Å². The van der Waals surface area contributed by atoms with Crippen LogP contribution in [-0.2, 0) is 9.53 Å². The van der Waals surface area contributed by atoms with Gasteiger partial charge in [-0.05, 0) is 30.7 Å². The number of cyclic esters (lactones) is 1. The standard InChI is InChI=1S/C17H19ClN2O5/c1-11(10-20-4-5-25-17(20)22)19-15(21)3-2-12-8-13(18)16-14(9-12)23-6-7-24-16/h2-3,8-9,11H,4-7,10H2,1H3,(H,19,21). The number of amides is 2. The number of benzene rings is 1. The molecule has 1 unspecified atom stereocenters. The summed E-state index contributed by atoms with van der Waals surface area (Å²) in [5.74, 6) is 0.839. The van der Waals surface area contributed by atoms with Gasteiger partial charge in [0.25, 0.3) is 0 Å². The van der Waals surface area contributed by atoms with Gasteiger partial charge >= 0.3 is 6.09 Å². The Bertz CT molecular complexity index is 707. The lowest BCUT2D eigenvalue weighted by Gasteiger charge is -2.20. The van der Waals surface area contributed by atoms with Crippen molar-refractivity contribution in [2.75, 3.05) is 32.9 Å². The van der Waals surface area contributed by atoms with E-state index in [1.54, 1.807) is 23.1 Å². The summed E-state index contributed by atoms with van der Waals surface area (Å²) in [6.45, 7) is 4.11. The Morgan fingerprint density at radius 1 is 1.32 bits per heavy atom. The van der Waals surface area contributed by atoms with Gasteiger partial charge in [-0.2, -0.15) is 0 Å². The van der Waals surface area contributed by atoms with E-state index in [0.29, 0.717) is 49.4 Å². The van der Waals surface area contributed by atoms with Crippen molar-refractivity contribution in [3.63, 3.8) is 0 Å². The predicted molar refractivity (Wildman–Crippen MR) is 92.0 cm³/mol. The van der Waals surface area contributed by atoms with E-state index in [4.69, 9.17) is 25.8 Å². The van der Waals surface area contributed by atoms with E-state index < -0.39 is 0 Å². The van der Waals surface area contributed by atoms with Gasteiger partial charge in [0.15, 0.2) is 11.5 Å². The molecule has 1 saturated heterocycles. The molecular formula is C17H19ClN2O5. The highest BCUT2D eigenvalue weighted by Gasteiger charge is 2.23. The Morgan fingerprint density at radius 3 is 2.88 bits per heavy atom. The molecule has 0 radical (unpaired) electrons. The van der Waals surface area contributed by atoms with Crippen molar-refractivity contribution in [2.24, 2.45) is 0 Å². The maximum Gasteiger partial charge on any atom is 0.410 e. The number of nitrogens with zero attached hydrogens (tertiary/aromatic N) is 1. The minimum Gasteiger partial charge on any atom is -0.486 e. The van der Waals surface area contributed by atoms with Crippen LogP contribution in [0.15, 0.2) is 18.2 Å². The molecule has 0 spiro atoms. The average molecular weight is 367 g/mol. The number of ether oxygens (including phenoxy) is 3. The molecule has 25 heavy (non-hydrogen) atoms. The van der Waals surface area contributed by atoms with Crippen LogP contribution in [0.5, 0.6) is 11.5 Å². The normalized spacial score (nSPS) is 17.5. The van der Waals surface area contributed by atoms with Crippen molar-refractivity contribution < 1.29 is 23.8 Å². The first-order chi connectivity index (χ1) is 12.0. The van der Waals surface area contributed by atoms with Crippen LogP contribution in [0.1, 0.15) is 12.5 Å². The third-order valence-corrected chi connectivity index (χ3v) is 4.05. The molecule has 0 aromatic heterocycles. The summed E-state index contributed by atoms with van der Waals surface area (Å²) in [6, 6.07) is 3.29. The van der Waals surface area contributed by atoms with Gasteiger partial charge < -0.3 is 24.4 Å². The number of nitrogens with one attached hydrogen (secondary N) is 1. The van der Waals surface area contributed by atoms with Crippen LogP contribution in [-0.4, -0.2) is 55.9 Å². The highest BCUT2D eigenvalue weighted by Crippen LogP contribution is 2.38. The predicted octanol–water partition coefficient (Wildman–Crippen LogP) is 2.08. The second kappa shape index (κ2) is 7.65. The molecule has 2 heterocycles. The zero-order valence-electron chi connectivity index (χ0n) is 13.8. The first kappa shape index (κ1) is 17.4. The highest BCUT2D eigenvalue weighted by molar-refractivity contribution is 6.32. The molecule has 1 fully saturated rings. The smallest absolute Gasteiger partial charge is 0.410 e. The Labute approximate surface area is 150 Å². The van der Waals surface area contributed by atoms with Crippen molar-refractivity contribution in [1.29, 1.82) is 0 Å².